The molecule has 0 aromatic heterocycles. The third-order valence-electron chi connectivity index (χ3n) is 7.24. The molecule has 4 aliphatic rings. The fourth-order valence-corrected chi connectivity index (χ4v) is 5.75. The molecule has 0 radical (unpaired) electrons. The van der Waals surface area contributed by atoms with Crippen LogP contribution >= 0.6 is 0 Å². The quantitative estimate of drug-likeness (QED) is 0.919. The average Bonchev–Trinajstić information content (AvgIpc) is 3.45. The molecule has 0 spiro atoms. The van der Waals surface area contributed by atoms with Crippen LogP contribution in [0.2, 0.25) is 0 Å². The molecule has 3 atom stereocenters. The summed E-state index contributed by atoms with van der Waals surface area (Å²) in [6.45, 7) is 3.23. The molecule has 2 saturated heterocycles. The number of carbonyl (C=O) groups excluding carboxylic acids is 1. The third-order valence-corrected chi connectivity index (χ3v) is 7.24. The first-order valence-corrected chi connectivity index (χ1v) is 9.88. The van der Waals surface area contributed by atoms with Crippen molar-refractivity contribution in [1.82, 2.24) is 10.2 Å². The minimum atomic E-state index is 0.0962. The average molecular weight is 340 g/mol. The molecule has 1 aromatic rings. The number of hydrogen-bond donors (Lipinski definition) is 1. The highest BCUT2D eigenvalue weighted by molar-refractivity contribution is 5.76. The monoisotopic (exact) mass is 340 g/mol. The fourth-order valence-electron chi connectivity index (χ4n) is 5.75. The summed E-state index contributed by atoms with van der Waals surface area (Å²) in [6.07, 6.45) is 6.81. The van der Waals surface area contributed by atoms with Crippen molar-refractivity contribution < 1.29 is 9.53 Å². The molecule has 25 heavy (non-hydrogen) atoms. The van der Waals surface area contributed by atoms with E-state index in [0.717, 1.165) is 37.5 Å². The first-order valence-electron chi connectivity index (χ1n) is 9.88. The van der Waals surface area contributed by atoms with Gasteiger partial charge in [0.2, 0.25) is 5.91 Å². The van der Waals surface area contributed by atoms with E-state index in [2.05, 4.69) is 28.4 Å². The number of benzene rings is 1. The molecule has 4 nitrogen and oxygen atoms in total. The van der Waals surface area contributed by atoms with Crippen LogP contribution in [0.25, 0.3) is 0 Å². The second-order valence-corrected chi connectivity index (χ2v) is 8.56. The molecule has 2 aliphatic heterocycles. The van der Waals surface area contributed by atoms with Gasteiger partial charge in [-0.1, -0.05) is 6.07 Å². The van der Waals surface area contributed by atoms with Gasteiger partial charge in [-0.05, 0) is 73.7 Å². The maximum Gasteiger partial charge on any atom is 0.220 e. The zero-order valence-corrected chi connectivity index (χ0v) is 15.1. The number of rotatable bonds is 3. The van der Waals surface area contributed by atoms with Gasteiger partial charge >= 0.3 is 0 Å². The Balaban J connectivity index is 1.59. The van der Waals surface area contributed by atoms with Gasteiger partial charge in [0.05, 0.1) is 7.11 Å². The van der Waals surface area contributed by atoms with Crippen LogP contribution in [-0.2, 0) is 16.6 Å². The van der Waals surface area contributed by atoms with Gasteiger partial charge in [-0.2, -0.15) is 0 Å². The molecule has 2 aliphatic carbocycles. The summed E-state index contributed by atoms with van der Waals surface area (Å²) < 4.78 is 5.53. The lowest BCUT2D eigenvalue weighted by Gasteiger charge is -2.56. The van der Waals surface area contributed by atoms with Crippen molar-refractivity contribution in [1.29, 1.82) is 0 Å². The standard InChI is InChI=1S/C21H28N2O2/c1-25-16-5-4-15-10-19-17-6-7-20(24)22-13-21(17,18(15)11-16)8-9-23(19)12-14-2-3-14/h4-5,11,14,17,19H,2-3,6-10,12-13H2,1H3,(H,22,24). The Bertz CT molecular complexity index is 699. The summed E-state index contributed by atoms with van der Waals surface area (Å²) in [7, 11) is 1.75. The zero-order valence-electron chi connectivity index (χ0n) is 15.1. The van der Waals surface area contributed by atoms with Crippen LogP contribution in [0, 0.1) is 11.8 Å². The molecule has 3 fully saturated rings. The number of hydrogen-bond acceptors (Lipinski definition) is 3. The van der Waals surface area contributed by atoms with Crippen molar-refractivity contribution in [2.45, 2.75) is 50.0 Å². The van der Waals surface area contributed by atoms with Gasteiger partial charge in [-0.25, -0.2) is 0 Å². The second-order valence-electron chi connectivity index (χ2n) is 8.56. The van der Waals surface area contributed by atoms with E-state index in [-0.39, 0.29) is 11.3 Å². The van der Waals surface area contributed by atoms with E-state index in [1.807, 2.05) is 0 Å². The van der Waals surface area contributed by atoms with E-state index in [0.29, 0.717) is 18.4 Å². The van der Waals surface area contributed by atoms with Gasteiger partial charge in [0.1, 0.15) is 5.75 Å². The zero-order chi connectivity index (χ0) is 17.0. The molecular formula is C21H28N2O2. The van der Waals surface area contributed by atoms with Crippen LogP contribution in [0.5, 0.6) is 5.75 Å². The molecule has 1 aromatic carbocycles. The summed E-state index contributed by atoms with van der Waals surface area (Å²) in [5.41, 5.74) is 3.01. The fraction of sp³-hybridized carbons (Fsp3) is 0.667. The van der Waals surface area contributed by atoms with Gasteiger partial charge in [0.25, 0.3) is 0 Å². The highest BCUT2D eigenvalue weighted by atomic mass is 16.5. The largest absolute Gasteiger partial charge is 0.497 e. The van der Waals surface area contributed by atoms with Crippen LogP contribution < -0.4 is 10.1 Å². The van der Waals surface area contributed by atoms with Crippen molar-refractivity contribution in [2.75, 3.05) is 26.7 Å². The number of nitrogens with one attached hydrogen (secondary N) is 1. The van der Waals surface area contributed by atoms with Gasteiger partial charge in [-0.3, -0.25) is 9.69 Å². The number of amides is 1. The number of fused-ring (bicyclic) bond motifs is 1. The smallest absolute Gasteiger partial charge is 0.220 e. The first kappa shape index (κ1) is 15.7. The van der Waals surface area contributed by atoms with Crippen molar-refractivity contribution in [3.8, 4) is 5.75 Å². The molecule has 134 valence electrons. The minimum Gasteiger partial charge on any atom is -0.497 e. The minimum absolute atomic E-state index is 0.0962. The highest BCUT2D eigenvalue weighted by Crippen LogP contribution is 2.52. The van der Waals surface area contributed by atoms with Gasteiger partial charge < -0.3 is 10.1 Å². The Morgan fingerprint density at radius 1 is 1.32 bits per heavy atom. The van der Waals surface area contributed by atoms with Crippen LogP contribution in [0.1, 0.15) is 43.2 Å². The Morgan fingerprint density at radius 3 is 3.00 bits per heavy atom. The molecule has 3 unspecified atom stereocenters. The Morgan fingerprint density at radius 2 is 2.20 bits per heavy atom. The molecule has 2 heterocycles. The first-order chi connectivity index (χ1) is 12.2. The lowest BCUT2D eigenvalue weighted by molar-refractivity contribution is -0.120. The number of carbonyl (C=O) groups is 1. The van der Waals surface area contributed by atoms with Gasteiger partial charge in [0.15, 0.2) is 0 Å². The molecule has 5 rings (SSSR count). The van der Waals surface area contributed by atoms with E-state index >= 15 is 0 Å². The maximum atomic E-state index is 12.2. The highest BCUT2D eigenvalue weighted by Gasteiger charge is 2.54. The lowest BCUT2D eigenvalue weighted by Crippen LogP contribution is -2.62. The Hall–Kier alpha value is -1.55. The summed E-state index contributed by atoms with van der Waals surface area (Å²) in [6, 6.07) is 7.23. The topological polar surface area (TPSA) is 41.6 Å². The Labute approximate surface area is 149 Å². The van der Waals surface area contributed by atoms with E-state index in [9.17, 15) is 4.79 Å². The van der Waals surface area contributed by atoms with Gasteiger partial charge in [0, 0.05) is 31.0 Å². The number of likely N-dealkylation sites (tertiary alicyclic amines) is 1. The number of methoxy groups -OCH3 is 1. The van der Waals surface area contributed by atoms with Crippen molar-refractivity contribution in [2.24, 2.45) is 11.8 Å². The van der Waals surface area contributed by atoms with Crippen LogP contribution in [-0.4, -0.2) is 43.6 Å². The summed E-state index contributed by atoms with van der Waals surface area (Å²) in [5.74, 6) is 2.68. The second kappa shape index (κ2) is 5.73. The molecule has 1 N–H and O–H groups in total. The third kappa shape index (κ3) is 2.49. The lowest BCUT2D eigenvalue weighted by atomic mass is 9.56. The summed E-state index contributed by atoms with van der Waals surface area (Å²) >= 11 is 0. The predicted octanol–water partition coefficient (Wildman–Crippen LogP) is 2.50. The maximum absolute atomic E-state index is 12.2. The van der Waals surface area contributed by atoms with E-state index < -0.39 is 0 Å². The van der Waals surface area contributed by atoms with Crippen molar-refractivity contribution in [3.05, 3.63) is 29.3 Å². The number of ether oxygens (including phenoxy) is 1. The molecule has 1 saturated carbocycles. The van der Waals surface area contributed by atoms with Gasteiger partial charge in [-0.15, -0.1) is 0 Å². The van der Waals surface area contributed by atoms with Crippen molar-refractivity contribution >= 4 is 5.91 Å². The van der Waals surface area contributed by atoms with Crippen LogP contribution in [0.3, 0.4) is 0 Å². The molecule has 4 heteroatoms. The van der Waals surface area contributed by atoms with E-state index in [1.165, 1.54) is 37.1 Å². The van der Waals surface area contributed by atoms with Crippen LogP contribution in [0.15, 0.2) is 18.2 Å². The Kier molecular flexibility index (Phi) is 3.60. The number of nitrogens with zero attached hydrogens (tertiary/aromatic N) is 1. The predicted molar refractivity (Wildman–Crippen MR) is 96.8 cm³/mol. The normalized spacial score (nSPS) is 34.5. The number of piperidine rings is 1. The molecule has 2 bridgehead atoms. The van der Waals surface area contributed by atoms with E-state index in [1.54, 1.807) is 7.11 Å². The summed E-state index contributed by atoms with van der Waals surface area (Å²) in [4.78, 5) is 14.9. The molecular weight excluding hydrogens is 312 g/mol. The van der Waals surface area contributed by atoms with Crippen molar-refractivity contribution in [3.63, 3.8) is 0 Å². The molecule has 1 amide bonds. The SMILES string of the molecule is COc1ccc2c(c1)C13CCN(CC4CC4)C(C2)C1CCC(=O)NC3. The van der Waals surface area contributed by atoms with Crippen LogP contribution in [0.4, 0.5) is 0 Å². The summed E-state index contributed by atoms with van der Waals surface area (Å²) in [5, 5.41) is 3.24. The van der Waals surface area contributed by atoms with E-state index in [4.69, 9.17) is 4.74 Å².